The molecule has 3 N–H and O–H groups in total. The van der Waals surface area contributed by atoms with Crippen LogP contribution in [0, 0.1) is 5.82 Å². The lowest BCUT2D eigenvalue weighted by molar-refractivity contribution is -0.137. The zero-order valence-corrected chi connectivity index (χ0v) is 8.27. The zero-order chi connectivity index (χ0) is 12.3. The fourth-order valence-corrected chi connectivity index (χ4v) is 0.991. The molecule has 0 heterocycles. The van der Waals surface area contributed by atoms with Gasteiger partial charge in [-0.25, -0.2) is 4.39 Å². The van der Waals surface area contributed by atoms with Crippen LogP contribution in [0.3, 0.4) is 0 Å². The van der Waals surface area contributed by atoms with Crippen LogP contribution in [0.5, 0.6) is 0 Å². The van der Waals surface area contributed by atoms with Gasteiger partial charge in [-0.15, -0.1) is 0 Å². The number of nitrogens with one attached hydrogen (secondary N) is 1. The van der Waals surface area contributed by atoms with Crippen LogP contribution in [-0.4, -0.2) is 13.0 Å². The summed E-state index contributed by atoms with van der Waals surface area (Å²) in [5.41, 5.74) is 3.90. The summed E-state index contributed by atoms with van der Waals surface area (Å²) >= 11 is 0. The van der Waals surface area contributed by atoms with Crippen molar-refractivity contribution in [1.82, 2.24) is 0 Å². The Labute approximate surface area is 89.0 Å². The lowest BCUT2D eigenvalue weighted by Gasteiger charge is -2.10. The molecule has 0 aromatic heterocycles. The van der Waals surface area contributed by atoms with Crippen LogP contribution in [0.25, 0.3) is 0 Å². The van der Waals surface area contributed by atoms with Crippen molar-refractivity contribution >= 4 is 11.6 Å². The van der Waals surface area contributed by atoms with Gasteiger partial charge in [0.1, 0.15) is 5.82 Å². The van der Waals surface area contributed by atoms with Crippen LogP contribution in [0.1, 0.15) is 5.56 Å². The molecule has 0 aliphatic carbocycles. The quantitative estimate of drug-likeness (QED) is 0.445. The molecule has 16 heavy (non-hydrogen) atoms. The van der Waals surface area contributed by atoms with E-state index in [1.807, 2.05) is 0 Å². The molecule has 1 aromatic carbocycles. The van der Waals surface area contributed by atoms with Crippen molar-refractivity contribution in [3.63, 3.8) is 0 Å². The second-order valence-corrected chi connectivity index (χ2v) is 2.93. The molecule has 0 amide bonds. The van der Waals surface area contributed by atoms with Gasteiger partial charge >= 0.3 is 6.18 Å². The first-order valence-electron chi connectivity index (χ1n) is 4.20. The highest BCUT2D eigenvalue weighted by Crippen LogP contribution is 2.31. The third kappa shape index (κ3) is 2.85. The molecule has 88 valence electrons. The molecular weight excluding hydrogens is 226 g/mol. The predicted molar refractivity (Wildman–Crippen MR) is 52.6 cm³/mol. The van der Waals surface area contributed by atoms with Gasteiger partial charge in [0.2, 0.25) is 0 Å². The lowest BCUT2D eigenvalue weighted by Crippen LogP contribution is -2.23. The number of hydrogen-bond donors (Lipinski definition) is 2. The number of benzene rings is 1. The highest BCUT2D eigenvalue weighted by atomic mass is 19.4. The van der Waals surface area contributed by atoms with E-state index in [1.54, 1.807) is 0 Å². The summed E-state index contributed by atoms with van der Waals surface area (Å²) in [6.07, 6.45) is -4.53. The van der Waals surface area contributed by atoms with Gasteiger partial charge in [-0.2, -0.15) is 13.2 Å². The highest BCUT2D eigenvalue weighted by Gasteiger charge is 2.31. The van der Waals surface area contributed by atoms with Gasteiger partial charge in [0, 0.05) is 7.05 Å². The average Bonchev–Trinajstić information content (AvgIpc) is 2.19. The predicted octanol–water partition coefficient (Wildman–Crippen LogP) is 2.20. The second-order valence-electron chi connectivity index (χ2n) is 2.93. The third-order valence-corrected chi connectivity index (χ3v) is 1.80. The smallest absolute Gasteiger partial charge is 0.370 e. The van der Waals surface area contributed by atoms with Crippen molar-refractivity contribution < 1.29 is 17.6 Å². The Kier molecular flexibility index (Phi) is 3.36. The zero-order valence-electron chi connectivity index (χ0n) is 8.27. The van der Waals surface area contributed by atoms with E-state index in [4.69, 9.17) is 5.73 Å². The molecule has 0 saturated heterocycles. The molecule has 1 aromatic rings. The normalized spacial score (nSPS) is 12.7. The Morgan fingerprint density at radius 1 is 1.38 bits per heavy atom. The molecule has 0 aliphatic heterocycles. The Balaban J connectivity index is 3.09. The van der Waals surface area contributed by atoms with Crippen molar-refractivity contribution in [3.05, 3.63) is 29.6 Å². The maximum Gasteiger partial charge on any atom is 0.416 e. The summed E-state index contributed by atoms with van der Waals surface area (Å²) in [7, 11) is 1.33. The largest absolute Gasteiger partial charge is 0.416 e. The highest BCUT2D eigenvalue weighted by molar-refractivity contribution is 5.92. The Morgan fingerprint density at radius 2 is 2.00 bits per heavy atom. The number of guanidine groups is 1. The molecule has 0 bridgehead atoms. The summed E-state index contributed by atoms with van der Waals surface area (Å²) in [4.78, 5) is 3.45. The number of hydrogen-bond acceptors (Lipinski definition) is 1. The van der Waals surface area contributed by atoms with Gasteiger partial charge in [0.25, 0.3) is 0 Å². The summed E-state index contributed by atoms with van der Waals surface area (Å²) in [6, 6.07) is 2.00. The van der Waals surface area contributed by atoms with Gasteiger partial charge < -0.3 is 11.1 Å². The number of anilines is 1. The van der Waals surface area contributed by atoms with Crippen molar-refractivity contribution in [1.29, 1.82) is 0 Å². The molecule has 1 rings (SSSR count). The number of aliphatic imine (C=N–C) groups is 1. The first kappa shape index (κ1) is 12.3. The van der Waals surface area contributed by atoms with Crippen LogP contribution in [-0.2, 0) is 6.18 Å². The number of alkyl halides is 3. The van der Waals surface area contributed by atoms with E-state index in [2.05, 4.69) is 10.3 Å². The standard InChI is InChI=1S/C9H9F4N3/c1-15-8(14)16-7-4-5(9(11,12)13)2-3-6(7)10/h2-4H,1H3,(H3,14,15,16). The number of nitrogens with zero attached hydrogens (tertiary/aromatic N) is 1. The topological polar surface area (TPSA) is 50.4 Å². The SMILES string of the molecule is CN=C(N)Nc1cc(C(F)(F)F)ccc1F. The summed E-state index contributed by atoms with van der Waals surface area (Å²) in [5, 5.41) is 2.23. The molecule has 7 heteroatoms. The maximum atomic E-state index is 13.1. The number of nitrogens with two attached hydrogens (primary N) is 1. The number of halogens is 4. The number of rotatable bonds is 1. The van der Waals surface area contributed by atoms with Gasteiger partial charge in [-0.1, -0.05) is 0 Å². The molecule has 0 spiro atoms. The van der Waals surface area contributed by atoms with Crippen LogP contribution in [0.2, 0.25) is 0 Å². The van der Waals surface area contributed by atoms with Crippen molar-refractivity contribution in [3.8, 4) is 0 Å². The van der Waals surface area contributed by atoms with Crippen LogP contribution < -0.4 is 11.1 Å². The van der Waals surface area contributed by atoms with Crippen LogP contribution in [0.15, 0.2) is 23.2 Å². The first-order valence-corrected chi connectivity index (χ1v) is 4.20. The Bertz CT molecular complexity index is 412. The van der Waals surface area contributed by atoms with Crippen molar-refractivity contribution in [2.75, 3.05) is 12.4 Å². The van der Waals surface area contributed by atoms with E-state index >= 15 is 0 Å². The van der Waals surface area contributed by atoms with E-state index in [9.17, 15) is 17.6 Å². The first-order chi connectivity index (χ1) is 7.34. The Hall–Kier alpha value is -1.79. The van der Waals surface area contributed by atoms with E-state index in [-0.39, 0.29) is 11.6 Å². The fraction of sp³-hybridized carbons (Fsp3) is 0.222. The maximum absolute atomic E-state index is 13.1. The molecule has 0 radical (unpaired) electrons. The van der Waals surface area contributed by atoms with Gasteiger partial charge in [-0.05, 0) is 18.2 Å². The van der Waals surface area contributed by atoms with Crippen molar-refractivity contribution in [2.24, 2.45) is 10.7 Å². The summed E-state index contributed by atoms with van der Waals surface area (Å²) in [6.45, 7) is 0. The van der Waals surface area contributed by atoms with E-state index < -0.39 is 17.6 Å². The molecule has 0 saturated carbocycles. The lowest BCUT2D eigenvalue weighted by atomic mass is 10.2. The van der Waals surface area contributed by atoms with Crippen LogP contribution >= 0.6 is 0 Å². The van der Waals surface area contributed by atoms with Crippen LogP contribution in [0.4, 0.5) is 23.2 Å². The molecule has 0 unspecified atom stereocenters. The third-order valence-electron chi connectivity index (χ3n) is 1.80. The Morgan fingerprint density at radius 3 is 2.50 bits per heavy atom. The molecular formula is C9H9F4N3. The molecule has 0 aliphatic rings. The van der Waals surface area contributed by atoms with Crippen molar-refractivity contribution in [2.45, 2.75) is 6.18 Å². The monoisotopic (exact) mass is 235 g/mol. The van der Waals surface area contributed by atoms with E-state index in [1.165, 1.54) is 7.05 Å². The molecule has 0 fully saturated rings. The minimum atomic E-state index is -4.53. The fourth-order valence-electron chi connectivity index (χ4n) is 0.991. The van der Waals surface area contributed by atoms with E-state index in [0.717, 1.165) is 0 Å². The second kappa shape index (κ2) is 4.38. The molecule has 0 atom stereocenters. The van der Waals surface area contributed by atoms with Gasteiger partial charge in [-0.3, -0.25) is 4.99 Å². The molecule has 3 nitrogen and oxygen atoms in total. The van der Waals surface area contributed by atoms with E-state index in [0.29, 0.717) is 18.2 Å². The van der Waals surface area contributed by atoms with Gasteiger partial charge in [0.05, 0.1) is 11.3 Å². The van der Waals surface area contributed by atoms with Gasteiger partial charge in [0.15, 0.2) is 5.96 Å². The summed E-state index contributed by atoms with van der Waals surface area (Å²) in [5.74, 6) is -1.00. The minimum Gasteiger partial charge on any atom is -0.370 e. The minimum absolute atomic E-state index is 0.168. The summed E-state index contributed by atoms with van der Waals surface area (Å²) < 4.78 is 50.0. The average molecular weight is 235 g/mol.